The fraction of sp³-hybridized carbons (Fsp3) is 0.667. The maximum absolute atomic E-state index is 11.7. The predicted molar refractivity (Wildman–Crippen MR) is 90.0 cm³/mol. The molecule has 0 aromatic carbocycles. The van der Waals surface area contributed by atoms with Crippen molar-refractivity contribution < 1.29 is 9.32 Å². The molecule has 24 heavy (non-hydrogen) atoms. The Bertz CT molecular complexity index is 749. The van der Waals surface area contributed by atoms with Gasteiger partial charge in [0.2, 0.25) is 16.9 Å². The molecule has 3 rings (SSSR count). The molecule has 0 unspecified atom stereocenters. The lowest BCUT2D eigenvalue weighted by Gasteiger charge is -2.26. The molecule has 1 aliphatic heterocycles. The molecule has 0 bridgehead atoms. The van der Waals surface area contributed by atoms with Gasteiger partial charge in [-0.2, -0.15) is 4.98 Å². The van der Waals surface area contributed by atoms with Gasteiger partial charge in [-0.3, -0.25) is 4.79 Å². The summed E-state index contributed by atoms with van der Waals surface area (Å²) in [5, 5.41) is 17.5. The Morgan fingerprint density at radius 3 is 2.67 bits per heavy atom. The Morgan fingerprint density at radius 2 is 2.12 bits per heavy atom. The monoisotopic (exact) mass is 350 g/mol. The van der Waals surface area contributed by atoms with E-state index in [4.69, 9.17) is 4.52 Å². The molecule has 0 spiro atoms. The lowest BCUT2D eigenvalue weighted by atomic mass is 9.97. The van der Waals surface area contributed by atoms with E-state index in [1.807, 2.05) is 0 Å². The van der Waals surface area contributed by atoms with Gasteiger partial charge < -0.3 is 14.7 Å². The summed E-state index contributed by atoms with van der Waals surface area (Å²) in [7, 11) is 0. The van der Waals surface area contributed by atoms with Crippen LogP contribution in [0.4, 0.5) is 5.13 Å². The molecule has 1 N–H and O–H groups in total. The largest absolute Gasteiger partial charge is 0.344 e. The number of carbonyl (C=O) groups is 1. The standard InChI is InChI=1S/C15H22N6O2S/c1-9(22)17-15(11-16-10(2)23-20-11)6-7-21(8-15)13-19-18-12(24-13)14(3,4)5/h6-8H2,1-5H3,(H,17,22)/t15-/m0/s1. The average Bonchev–Trinajstić information content (AvgIpc) is 3.15. The second-order valence-corrected chi connectivity index (χ2v) is 8.17. The first-order valence-corrected chi connectivity index (χ1v) is 8.70. The van der Waals surface area contributed by atoms with Crippen LogP contribution in [0.3, 0.4) is 0 Å². The number of rotatable bonds is 3. The predicted octanol–water partition coefficient (Wildman–Crippen LogP) is 1.77. The molecule has 1 aliphatic rings. The number of nitrogens with one attached hydrogen (secondary N) is 1. The first-order chi connectivity index (χ1) is 11.2. The van der Waals surface area contributed by atoms with Gasteiger partial charge in [0.05, 0.1) is 6.54 Å². The zero-order valence-corrected chi connectivity index (χ0v) is 15.4. The lowest BCUT2D eigenvalue weighted by molar-refractivity contribution is -0.120. The van der Waals surface area contributed by atoms with E-state index in [9.17, 15) is 4.79 Å². The summed E-state index contributed by atoms with van der Waals surface area (Å²) in [6.07, 6.45) is 0.690. The topological polar surface area (TPSA) is 97.0 Å². The van der Waals surface area contributed by atoms with Gasteiger partial charge >= 0.3 is 0 Å². The number of aromatic nitrogens is 4. The van der Waals surface area contributed by atoms with E-state index >= 15 is 0 Å². The van der Waals surface area contributed by atoms with E-state index in [0.29, 0.717) is 24.7 Å². The molecule has 1 amide bonds. The second kappa shape index (κ2) is 5.80. The van der Waals surface area contributed by atoms with Crippen molar-refractivity contribution in [1.82, 2.24) is 25.7 Å². The molecule has 130 valence electrons. The smallest absolute Gasteiger partial charge is 0.223 e. The van der Waals surface area contributed by atoms with Gasteiger partial charge in [0, 0.05) is 25.8 Å². The highest BCUT2D eigenvalue weighted by molar-refractivity contribution is 7.15. The van der Waals surface area contributed by atoms with Crippen LogP contribution < -0.4 is 10.2 Å². The fourth-order valence-corrected chi connectivity index (χ4v) is 3.72. The van der Waals surface area contributed by atoms with Crippen molar-refractivity contribution in [3.63, 3.8) is 0 Å². The van der Waals surface area contributed by atoms with Gasteiger partial charge in [-0.1, -0.05) is 37.3 Å². The third-order valence-corrected chi connectivity index (χ3v) is 5.38. The average molecular weight is 350 g/mol. The number of amides is 1. The van der Waals surface area contributed by atoms with Crippen LogP contribution in [0.15, 0.2) is 4.52 Å². The van der Waals surface area contributed by atoms with Crippen LogP contribution in [0.25, 0.3) is 0 Å². The van der Waals surface area contributed by atoms with Crippen molar-refractivity contribution in [2.45, 2.75) is 52.0 Å². The van der Waals surface area contributed by atoms with E-state index in [1.165, 1.54) is 6.92 Å². The molecule has 2 aromatic rings. The Morgan fingerprint density at radius 1 is 1.38 bits per heavy atom. The Labute approximate surface area is 144 Å². The molecule has 1 saturated heterocycles. The molecule has 0 aliphatic carbocycles. The number of hydrogen-bond acceptors (Lipinski definition) is 8. The van der Waals surface area contributed by atoms with Crippen molar-refractivity contribution in [1.29, 1.82) is 0 Å². The van der Waals surface area contributed by atoms with Gasteiger partial charge in [0.1, 0.15) is 10.5 Å². The molecule has 8 nitrogen and oxygen atoms in total. The Hall–Kier alpha value is -2.03. The molecular formula is C15H22N6O2S. The van der Waals surface area contributed by atoms with Crippen LogP contribution in [0.5, 0.6) is 0 Å². The quantitative estimate of drug-likeness (QED) is 0.901. The van der Waals surface area contributed by atoms with Crippen molar-refractivity contribution in [3.05, 3.63) is 16.7 Å². The van der Waals surface area contributed by atoms with E-state index in [-0.39, 0.29) is 11.3 Å². The first kappa shape index (κ1) is 16.8. The maximum Gasteiger partial charge on any atom is 0.223 e. The molecule has 1 fully saturated rings. The summed E-state index contributed by atoms with van der Waals surface area (Å²) in [5.41, 5.74) is -0.688. The van der Waals surface area contributed by atoms with Crippen LogP contribution in [0.1, 0.15) is 50.8 Å². The van der Waals surface area contributed by atoms with Crippen molar-refractivity contribution in [3.8, 4) is 0 Å². The molecule has 0 saturated carbocycles. The van der Waals surface area contributed by atoms with E-state index < -0.39 is 5.54 Å². The minimum atomic E-state index is -0.656. The second-order valence-electron chi connectivity index (χ2n) is 7.21. The van der Waals surface area contributed by atoms with Gasteiger partial charge in [-0.25, -0.2) is 0 Å². The third kappa shape index (κ3) is 3.12. The SMILES string of the molecule is CC(=O)N[C@@]1(c2noc(C)n2)CCN(c2nnc(C(C)(C)C)s2)C1. The summed E-state index contributed by atoms with van der Waals surface area (Å²) in [6, 6.07) is 0. The van der Waals surface area contributed by atoms with Gasteiger partial charge in [0.25, 0.3) is 0 Å². The van der Waals surface area contributed by atoms with Crippen LogP contribution in [0.2, 0.25) is 0 Å². The highest BCUT2D eigenvalue weighted by atomic mass is 32.1. The summed E-state index contributed by atoms with van der Waals surface area (Å²) in [5.74, 6) is 0.879. The van der Waals surface area contributed by atoms with Crippen LogP contribution in [-0.2, 0) is 15.7 Å². The molecule has 2 aromatic heterocycles. The molecule has 1 atom stereocenters. The van der Waals surface area contributed by atoms with Gasteiger partial charge in [-0.05, 0) is 6.42 Å². The number of carbonyl (C=O) groups excluding carboxylic acids is 1. The van der Waals surface area contributed by atoms with Crippen molar-refractivity contribution in [2.24, 2.45) is 0 Å². The third-order valence-electron chi connectivity index (χ3n) is 3.97. The molecular weight excluding hydrogens is 328 g/mol. The minimum Gasteiger partial charge on any atom is -0.344 e. The number of nitrogens with zero attached hydrogens (tertiary/aromatic N) is 5. The summed E-state index contributed by atoms with van der Waals surface area (Å²) < 4.78 is 5.12. The van der Waals surface area contributed by atoms with Crippen LogP contribution >= 0.6 is 11.3 Å². The summed E-state index contributed by atoms with van der Waals surface area (Å²) in [4.78, 5) is 18.2. The Balaban J connectivity index is 1.87. The van der Waals surface area contributed by atoms with Crippen molar-refractivity contribution in [2.75, 3.05) is 18.0 Å². The van der Waals surface area contributed by atoms with Crippen LogP contribution in [-0.4, -0.2) is 39.3 Å². The van der Waals surface area contributed by atoms with E-state index in [1.54, 1.807) is 18.3 Å². The van der Waals surface area contributed by atoms with E-state index in [0.717, 1.165) is 16.7 Å². The van der Waals surface area contributed by atoms with Crippen LogP contribution in [0, 0.1) is 6.92 Å². The Kier molecular flexibility index (Phi) is 4.06. The fourth-order valence-electron chi connectivity index (χ4n) is 2.79. The molecule has 9 heteroatoms. The number of aryl methyl sites for hydroxylation is 1. The summed E-state index contributed by atoms with van der Waals surface area (Å²) >= 11 is 1.58. The minimum absolute atomic E-state index is 0.0326. The maximum atomic E-state index is 11.7. The van der Waals surface area contributed by atoms with Crippen molar-refractivity contribution >= 4 is 22.4 Å². The molecule has 0 radical (unpaired) electrons. The van der Waals surface area contributed by atoms with Gasteiger partial charge in [0.15, 0.2) is 5.82 Å². The lowest BCUT2D eigenvalue weighted by Crippen LogP contribution is -2.48. The highest BCUT2D eigenvalue weighted by Crippen LogP contribution is 2.36. The first-order valence-electron chi connectivity index (χ1n) is 7.88. The van der Waals surface area contributed by atoms with Gasteiger partial charge in [-0.15, -0.1) is 10.2 Å². The number of hydrogen-bond donors (Lipinski definition) is 1. The summed E-state index contributed by atoms with van der Waals surface area (Å²) in [6.45, 7) is 10.9. The zero-order chi connectivity index (χ0) is 17.5. The highest BCUT2D eigenvalue weighted by Gasteiger charge is 2.45. The molecule has 3 heterocycles. The normalized spacial score (nSPS) is 21.3. The number of anilines is 1. The van der Waals surface area contributed by atoms with E-state index in [2.05, 4.69) is 51.3 Å². The zero-order valence-electron chi connectivity index (χ0n) is 14.6.